The number of nitrogen functional groups attached to an aromatic ring is 1. The molecule has 0 aromatic heterocycles. The molecule has 0 spiro atoms. The number of aliphatic hydroxyl groups excluding tert-OH is 1. The summed E-state index contributed by atoms with van der Waals surface area (Å²) in [5.41, 5.74) is 8.70. The van der Waals surface area contributed by atoms with E-state index in [4.69, 9.17) is 10.5 Å². The molecule has 0 radical (unpaired) electrons. The lowest BCUT2D eigenvalue weighted by molar-refractivity contribution is 0.147. The highest BCUT2D eigenvalue weighted by molar-refractivity contribution is 5.54. The molecular weight excluding hydrogens is 300 g/mol. The molecule has 1 unspecified atom stereocenters. The lowest BCUT2D eigenvalue weighted by Crippen LogP contribution is -2.21. The van der Waals surface area contributed by atoms with Crippen molar-refractivity contribution in [1.29, 1.82) is 0 Å². The first-order valence-corrected chi connectivity index (χ1v) is 8.53. The predicted molar refractivity (Wildman–Crippen MR) is 99.0 cm³/mol. The van der Waals surface area contributed by atoms with Gasteiger partial charge >= 0.3 is 0 Å². The highest BCUT2D eigenvalue weighted by Gasteiger charge is 2.11. The second kappa shape index (κ2) is 9.30. The Hall–Kier alpha value is -2.04. The molecule has 2 aromatic carbocycles. The van der Waals surface area contributed by atoms with Gasteiger partial charge in [0.15, 0.2) is 0 Å². The molecule has 0 saturated heterocycles. The fourth-order valence-electron chi connectivity index (χ4n) is 2.60. The van der Waals surface area contributed by atoms with Crippen molar-refractivity contribution >= 4 is 5.69 Å². The van der Waals surface area contributed by atoms with Crippen LogP contribution >= 0.6 is 0 Å². The Morgan fingerprint density at radius 1 is 1.17 bits per heavy atom. The fourth-order valence-corrected chi connectivity index (χ4v) is 2.60. The highest BCUT2D eigenvalue weighted by Crippen LogP contribution is 2.27. The summed E-state index contributed by atoms with van der Waals surface area (Å²) in [4.78, 5) is 2.21. The molecule has 3 N–H and O–H groups in total. The average molecular weight is 328 g/mol. The van der Waals surface area contributed by atoms with Crippen LogP contribution in [0.5, 0.6) is 5.75 Å². The van der Waals surface area contributed by atoms with Gasteiger partial charge in [-0.25, -0.2) is 0 Å². The van der Waals surface area contributed by atoms with Crippen molar-refractivity contribution in [3.8, 4) is 5.75 Å². The zero-order valence-corrected chi connectivity index (χ0v) is 14.6. The summed E-state index contributed by atoms with van der Waals surface area (Å²) in [6.45, 7) is 4.39. The normalized spacial score (nSPS) is 12.3. The number of anilines is 1. The first kappa shape index (κ1) is 18.3. The van der Waals surface area contributed by atoms with E-state index in [-0.39, 0.29) is 0 Å². The largest absolute Gasteiger partial charge is 0.491 e. The molecule has 0 heterocycles. The van der Waals surface area contributed by atoms with Crippen molar-refractivity contribution in [2.75, 3.05) is 25.9 Å². The van der Waals surface area contributed by atoms with Crippen molar-refractivity contribution in [2.24, 2.45) is 0 Å². The molecule has 0 saturated carbocycles. The van der Waals surface area contributed by atoms with E-state index in [0.717, 1.165) is 25.1 Å². The van der Waals surface area contributed by atoms with E-state index in [1.54, 1.807) is 0 Å². The molecule has 0 aliphatic rings. The van der Waals surface area contributed by atoms with Crippen LogP contribution in [0.4, 0.5) is 5.69 Å². The van der Waals surface area contributed by atoms with Gasteiger partial charge in [-0.2, -0.15) is 0 Å². The van der Waals surface area contributed by atoms with Gasteiger partial charge in [-0.15, -0.1) is 0 Å². The lowest BCUT2D eigenvalue weighted by Gasteiger charge is -2.19. The van der Waals surface area contributed by atoms with E-state index in [1.807, 2.05) is 36.4 Å². The maximum atomic E-state index is 10.4. The Balaban J connectivity index is 1.85. The molecule has 2 aromatic rings. The van der Waals surface area contributed by atoms with Gasteiger partial charge in [-0.1, -0.05) is 43.3 Å². The van der Waals surface area contributed by atoms with E-state index in [2.05, 4.69) is 31.0 Å². The minimum Gasteiger partial charge on any atom is -0.491 e. The molecule has 24 heavy (non-hydrogen) atoms. The van der Waals surface area contributed by atoms with Crippen LogP contribution in [0.2, 0.25) is 0 Å². The second-order valence-corrected chi connectivity index (χ2v) is 6.17. The Morgan fingerprint density at radius 2 is 1.92 bits per heavy atom. The van der Waals surface area contributed by atoms with Gasteiger partial charge in [-0.05, 0) is 43.1 Å². The minimum atomic E-state index is -0.522. The van der Waals surface area contributed by atoms with Crippen LogP contribution in [0.25, 0.3) is 0 Å². The number of nitrogens with two attached hydrogens (primary N) is 1. The van der Waals surface area contributed by atoms with Gasteiger partial charge in [0.2, 0.25) is 0 Å². The molecular formula is C20H28N2O2. The maximum absolute atomic E-state index is 10.4. The van der Waals surface area contributed by atoms with E-state index in [1.165, 1.54) is 5.56 Å². The number of hydrogen-bond donors (Lipinski definition) is 2. The van der Waals surface area contributed by atoms with Crippen molar-refractivity contribution in [2.45, 2.75) is 32.4 Å². The van der Waals surface area contributed by atoms with Gasteiger partial charge in [0.05, 0.1) is 18.4 Å². The van der Waals surface area contributed by atoms with E-state index >= 15 is 0 Å². The van der Waals surface area contributed by atoms with Crippen LogP contribution in [0.3, 0.4) is 0 Å². The summed E-state index contributed by atoms with van der Waals surface area (Å²) in [6.07, 6.45) is 1.08. The number of rotatable bonds is 9. The predicted octanol–water partition coefficient (Wildman–Crippen LogP) is 3.61. The van der Waals surface area contributed by atoms with E-state index in [0.29, 0.717) is 24.5 Å². The van der Waals surface area contributed by atoms with Crippen LogP contribution in [0.15, 0.2) is 48.5 Å². The van der Waals surface area contributed by atoms with Crippen molar-refractivity contribution in [1.82, 2.24) is 4.90 Å². The summed E-state index contributed by atoms with van der Waals surface area (Å²) in [5.74, 6) is 0.689. The van der Waals surface area contributed by atoms with E-state index in [9.17, 15) is 5.11 Å². The first-order chi connectivity index (χ1) is 11.6. The number of ether oxygens (including phenoxy) is 1. The third-order valence-electron chi connectivity index (χ3n) is 3.96. The number of benzene rings is 2. The summed E-state index contributed by atoms with van der Waals surface area (Å²) >= 11 is 0. The van der Waals surface area contributed by atoms with Gasteiger partial charge in [0.25, 0.3) is 0 Å². The zero-order chi connectivity index (χ0) is 17.4. The first-order valence-electron chi connectivity index (χ1n) is 8.53. The van der Waals surface area contributed by atoms with Crippen LogP contribution < -0.4 is 10.5 Å². The molecule has 4 nitrogen and oxygen atoms in total. The van der Waals surface area contributed by atoms with Crippen LogP contribution in [-0.2, 0) is 6.54 Å². The molecule has 0 aliphatic heterocycles. The van der Waals surface area contributed by atoms with Crippen LogP contribution in [0.1, 0.15) is 37.0 Å². The Kier molecular flexibility index (Phi) is 7.09. The van der Waals surface area contributed by atoms with Gasteiger partial charge in [-0.3, -0.25) is 0 Å². The number of hydrogen-bond acceptors (Lipinski definition) is 4. The monoisotopic (exact) mass is 328 g/mol. The number of nitrogens with zero attached hydrogens (tertiary/aromatic N) is 1. The minimum absolute atomic E-state index is 0.522. The number of aliphatic hydroxyl groups is 1. The third-order valence-corrected chi connectivity index (χ3v) is 3.96. The van der Waals surface area contributed by atoms with Crippen LogP contribution in [-0.4, -0.2) is 30.2 Å². The van der Waals surface area contributed by atoms with Gasteiger partial charge < -0.3 is 20.5 Å². The zero-order valence-electron chi connectivity index (χ0n) is 14.6. The SMILES string of the molecule is CCCOc1ccc(C(O)CCN(C)Cc2ccccc2)cc1N. The van der Waals surface area contributed by atoms with E-state index < -0.39 is 6.10 Å². The maximum Gasteiger partial charge on any atom is 0.142 e. The molecule has 0 aliphatic carbocycles. The van der Waals surface area contributed by atoms with Crippen LogP contribution in [0, 0.1) is 0 Å². The summed E-state index contributed by atoms with van der Waals surface area (Å²) in [6, 6.07) is 15.9. The quantitative estimate of drug-likeness (QED) is 0.690. The molecule has 130 valence electrons. The van der Waals surface area contributed by atoms with Gasteiger partial charge in [0, 0.05) is 13.1 Å². The molecule has 0 amide bonds. The Morgan fingerprint density at radius 3 is 2.58 bits per heavy atom. The molecule has 0 fully saturated rings. The molecule has 1 atom stereocenters. The average Bonchev–Trinajstić information content (AvgIpc) is 2.59. The Bertz CT molecular complexity index is 616. The topological polar surface area (TPSA) is 58.7 Å². The second-order valence-electron chi connectivity index (χ2n) is 6.17. The fraction of sp³-hybridized carbons (Fsp3) is 0.400. The summed E-state index contributed by atoms with van der Waals surface area (Å²) < 4.78 is 5.57. The smallest absolute Gasteiger partial charge is 0.142 e. The van der Waals surface area contributed by atoms with Crippen molar-refractivity contribution in [3.05, 3.63) is 59.7 Å². The summed E-state index contributed by atoms with van der Waals surface area (Å²) in [5, 5.41) is 10.4. The summed E-state index contributed by atoms with van der Waals surface area (Å²) in [7, 11) is 2.07. The Labute approximate surface area is 144 Å². The van der Waals surface area contributed by atoms with Gasteiger partial charge in [0.1, 0.15) is 5.75 Å². The molecule has 4 heteroatoms. The standard InChI is InChI=1S/C20H28N2O2/c1-3-13-24-20-10-9-17(14-18(20)21)19(23)11-12-22(2)15-16-7-5-4-6-8-16/h4-10,14,19,23H,3,11-13,15,21H2,1-2H3. The van der Waals surface area contributed by atoms with Crippen molar-refractivity contribution < 1.29 is 9.84 Å². The lowest BCUT2D eigenvalue weighted by atomic mass is 10.1. The van der Waals surface area contributed by atoms with Crippen molar-refractivity contribution in [3.63, 3.8) is 0 Å². The third kappa shape index (κ3) is 5.55. The molecule has 0 bridgehead atoms. The molecule has 2 rings (SSSR count). The highest BCUT2D eigenvalue weighted by atomic mass is 16.5.